The van der Waals surface area contributed by atoms with Crippen molar-refractivity contribution in [2.45, 2.75) is 59.4 Å². The van der Waals surface area contributed by atoms with Crippen molar-refractivity contribution in [2.75, 3.05) is 32.8 Å². The van der Waals surface area contributed by atoms with Crippen LogP contribution in [-0.4, -0.2) is 54.7 Å². The lowest BCUT2D eigenvalue weighted by Gasteiger charge is -2.29. The van der Waals surface area contributed by atoms with Gasteiger partial charge in [0.2, 0.25) is 0 Å². The van der Waals surface area contributed by atoms with Gasteiger partial charge in [-0.15, -0.1) is 0 Å². The molecule has 0 bridgehead atoms. The van der Waals surface area contributed by atoms with Crippen LogP contribution in [0.4, 0.5) is 4.79 Å². The highest BCUT2D eigenvalue weighted by Gasteiger charge is 2.23. The van der Waals surface area contributed by atoms with Gasteiger partial charge in [-0.3, -0.25) is 0 Å². The SMILES string of the molecule is C=CNC1Cc2ccc(Cl)cc2C(N(CC)CCC)=CC1=C.CCOC(=O)N1CCC(C)CC1. The fourth-order valence-corrected chi connectivity index (χ4v) is 4.54. The molecule has 1 N–H and O–H groups in total. The minimum absolute atomic E-state index is 0.149. The van der Waals surface area contributed by atoms with E-state index in [1.54, 1.807) is 11.1 Å². The first-order valence-corrected chi connectivity index (χ1v) is 12.9. The molecule has 1 aliphatic carbocycles. The lowest BCUT2D eigenvalue weighted by Crippen LogP contribution is -2.38. The first-order valence-electron chi connectivity index (χ1n) is 12.6. The predicted molar refractivity (Wildman–Crippen MR) is 144 cm³/mol. The van der Waals surface area contributed by atoms with Crippen molar-refractivity contribution in [2.24, 2.45) is 5.92 Å². The summed E-state index contributed by atoms with van der Waals surface area (Å²) in [6.07, 6.45) is 8.01. The zero-order valence-electron chi connectivity index (χ0n) is 21.4. The van der Waals surface area contributed by atoms with Gasteiger partial charge >= 0.3 is 6.09 Å². The Morgan fingerprint density at radius 1 is 1.29 bits per heavy atom. The predicted octanol–water partition coefficient (Wildman–Crippen LogP) is 6.50. The van der Waals surface area contributed by atoms with Crippen molar-refractivity contribution in [1.29, 1.82) is 0 Å². The van der Waals surface area contributed by atoms with E-state index in [1.807, 2.05) is 13.0 Å². The molecule has 1 fully saturated rings. The number of nitrogens with zero attached hydrogens (tertiary/aromatic N) is 2. The summed E-state index contributed by atoms with van der Waals surface area (Å²) in [5.74, 6) is 0.760. The molecule has 34 heavy (non-hydrogen) atoms. The summed E-state index contributed by atoms with van der Waals surface area (Å²) in [5.41, 5.74) is 4.82. The topological polar surface area (TPSA) is 44.8 Å². The van der Waals surface area contributed by atoms with Crippen molar-refractivity contribution in [3.63, 3.8) is 0 Å². The number of hydrogen-bond donors (Lipinski definition) is 1. The van der Waals surface area contributed by atoms with E-state index < -0.39 is 0 Å². The number of fused-ring (bicyclic) bond motifs is 1. The van der Waals surface area contributed by atoms with E-state index >= 15 is 0 Å². The number of rotatable bonds is 7. The maximum absolute atomic E-state index is 11.2. The maximum atomic E-state index is 11.2. The third-order valence-corrected chi connectivity index (χ3v) is 6.62. The van der Waals surface area contributed by atoms with Gasteiger partial charge in [0.1, 0.15) is 0 Å². The number of ether oxygens (including phenoxy) is 1. The van der Waals surface area contributed by atoms with Crippen LogP contribution in [0.3, 0.4) is 0 Å². The third kappa shape index (κ3) is 7.83. The van der Waals surface area contributed by atoms with Crippen molar-refractivity contribution in [3.05, 3.63) is 65.4 Å². The zero-order chi connectivity index (χ0) is 25.1. The van der Waals surface area contributed by atoms with E-state index in [2.05, 4.69) is 62.4 Å². The molecule has 1 amide bonds. The van der Waals surface area contributed by atoms with Gasteiger partial charge in [-0.2, -0.15) is 0 Å². The van der Waals surface area contributed by atoms with E-state index in [0.717, 1.165) is 68.4 Å². The van der Waals surface area contributed by atoms with Crippen LogP contribution in [0.2, 0.25) is 5.02 Å². The monoisotopic (exact) mass is 487 g/mol. The van der Waals surface area contributed by atoms with Crippen LogP contribution >= 0.6 is 11.6 Å². The van der Waals surface area contributed by atoms with E-state index in [9.17, 15) is 4.79 Å². The second kappa shape index (κ2) is 14.1. The highest BCUT2D eigenvalue weighted by molar-refractivity contribution is 6.30. The van der Waals surface area contributed by atoms with Gasteiger partial charge in [-0.1, -0.05) is 44.7 Å². The van der Waals surface area contributed by atoms with Gasteiger partial charge in [0.15, 0.2) is 0 Å². The minimum Gasteiger partial charge on any atom is -0.450 e. The first kappa shape index (κ1) is 27.8. The quantitative estimate of drug-likeness (QED) is 0.476. The largest absolute Gasteiger partial charge is 0.450 e. The molecule has 1 saturated heterocycles. The zero-order valence-corrected chi connectivity index (χ0v) is 22.2. The molecule has 1 aromatic carbocycles. The van der Waals surface area contributed by atoms with Crippen molar-refractivity contribution in [3.8, 4) is 0 Å². The van der Waals surface area contributed by atoms with E-state index in [-0.39, 0.29) is 12.1 Å². The lowest BCUT2D eigenvalue weighted by molar-refractivity contribution is 0.0934. The molecule has 1 heterocycles. The van der Waals surface area contributed by atoms with E-state index in [1.165, 1.54) is 16.8 Å². The molecule has 0 saturated carbocycles. The average Bonchev–Trinajstić information content (AvgIpc) is 2.95. The Labute approximate surface area is 211 Å². The Bertz CT molecular complexity index is 859. The van der Waals surface area contributed by atoms with Crippen LogP contribution in [0.15, 0.2) is 49.2 Å². The lowest BCUT2D eigenvalue weighted by atomic mass is 9.99. The standard InChI is InChI=1S/C19H25ClN2.C9H17NO2/c1-5-10-22(7-3)19-11-14(4)18(21-6-2)12-15-8-9-16(20)13-17(15)19;1-3-12-9(11)10-6-4-8(2)5-7-10/h6,8-9,11,13,18,21H,2,4-5,7,10,12H2,1,3H3;8H,3-7H2,1-2H3. The number of hydrogen-bond acceptors (Lipinski definition) is 4. The Hall–Kier alpha value is -2.40. The average molecular weight is 488 g/mol. The summed E-state index contributed by atoms with van der Waals surface area (Å²) in [6.45, 7) is 20.7. The second-order valence-corrected chi connectivity index (χ2v) is 9.42. The van der Waals surface area contributed by atoms with Crippen LogP contribution in [-0.2, 0) is 11.2 Å². The second-order valence-electron chi connectivity index (χ2n) is 8.98. The Kier molecular flexibility index (Phi) is 11.5. The fourth-order valence-electron chi connectivity index (χ4n) is 4.36. The highest BCUT2D eigenvalue weighted by atomic mass is 35.5. The summed E-state index contributed by atoms with van der Waals surface area (Å²) in [6, 6.07) is 6.34. The molecule has 6 heteroatoms. The molecule has 1 aliphatic heterocycles. The van der Waals surface area contributed by atoms with Gasteiger partial charge in [-0.25, -0.2) is 4.79 Å². The Morgan fingerprint density at radius 3 is 2.59 bits per heavy atom. The van der Waals surface area contributed by atoms with E-state index in [0.29, 0.717) is 6.61 Å². The first-order chi connectivity index (χ1) is 16.3. The molecule has 188 valence electrons. The molecule has 0 spiro atoms. The van der Waals surface area contributed by atoms with Crippen molar-refractivity contribution in [1.82, 2.24) is 15.1 Å². The maximum Gasteiger partial charge on any atom is 0.409 e. The molecule has 1 aromatic rings. The highest BCUT2D eigenvalue weighted by Crippen LogP contribution is 2.32. The van der Waals surface area contributed by atoms with Gasteiger partial charge in [0.05, 0.1) is 12.6 Å². The van der Waals surface area contributed by atoms with Crippen molar-refractivity contribution < 1.29 is 9.53 Å². The number of benzene rings is 1. The molecule has 2 aliphatic rings. The van der Waals surface area contributed by atoms with Crippen LogP contribution in [0.25, 0.3) is 5.70 Å². The fraction of sp³-hybridized carbons (Fsp3) is 0.536. The van der Waals surface area contributed by atoms with Crippen LogP contribution in [0, 0.1) is 5.92 Å². The van der Waals surface area contributed by atoms with Gasteiger partial charge in [-0.05, 0) is 81.0 Å². The van der Waals surface area contributed by atoms with E-state index in [4.69, 9.17) is 16.3 Å². The molecular formula is C28H42ClN3O2. The summed E-state index contributed by atoms with van der Waals surface area (Å²) in [7, 11) is 0. The molecule has 0 aromatic heterocycles. The van der Waals surface area contributed by atoms with Gasteiger partial charge in [0.25, 0.3) is 0 Å². The minimum atomic E-state index is -0.149. The summed E-state index contributed by atoms with van der Waals surface area (Å²) < 4.78 is 4.90. The number of amides is 1. The molecule has 1 atom stereocenters. The van der Waals surface area contributed by atoms with Crippen LogP contribution in [0.1, 0.15) is 58.1 Å². The number of piperidine rings is 1. The normalized spacial score (nSPS) is 18.0. The van der Waals surface area contributed by atoms with Crippen LogP contribution in [0.5, 0.6) is 0 Å². The van der Waals surface area contributed by atoms with Gasteiger partial charge < -0.3 is 19.9 Å². The third-order valence-electron chi connectivity index (χ3n) is 6.39. The number of halogens is 1. The molecule has 1 unspecified atom stereocenters. The molecule has 0 radical (unpaired) electrons. The molecule has 3 rings (SSSR count). The number of likely N-dealkylation sites (tertiary alicyclic amines) is 1. The smallest absolute Gasteiger partial charge is 0.409 e. The number of carbonyl (C=O) groups is 1. The summed E-state index contributed by atoms with van der Waals surface area (Å²) >= 11 is 6.25. The summed E-state index contributed by atoms with van der Waals surface area (Å²) in [4.78, 5) is 15.4. The van der Waals surface area contributed by atoms with Gasteiger partial charge in [0, 0.05) is 42.5 Å². The van der Waals surface area contributed by atoms with Crippen LogP contribution < -0.4 is 5.32 Å². The summed E-state index contributed by atoms with van der Waals surface area (Å²) in [5, 5.41) is 4.08. The Morgan fingerprint density at radius 2 is 2.00 bits per heavy atom. The Balaban J connectivity index is 0.000000287. The number of carbonyl (C=O) groups excluding carboxylic acids is 1. The number of nitrogens with one attached hydrogen (secondary N) is 1. The molecular weight excluding hydrogens is 446 g/mol. The molecule has 5 nitrogen and oxygen atoms in total. The van der Waals surface area contributed by atoms with Crippen molar-refractivity contribution >= 4 is 23.4 Å².